The summed E-state index contributed by atoms with van der Waals surface area (Å²) >= 11 is 2.45. The van der Waals surface area contributed by atoms with Crippen molar-refractivity contribution in [1.82, 2.24) is 4.98 Å². The van der Waals surface area contributed by atoms with E-state index in [1.807, 2.05) is 25.1 Å². The van der Waals surface area contributed by atoms with Crippen molar-refractivity contribution in [3.8, 4) is 5.75 Å². The maximum absolute atomic E-state index is 12.2. The molecule has 0 unspecified atom stereocenters. The molecule has 1 N–H and O–H groups in total. The van der Waals surface area contributed by atoms with E-state index in [0.717, 1.165) is 4.70 Å². The number of ether oxygens (including phenoxy) is 1. The third-order valence-electron chi connectivity index (χ3n) is 2.66. The second-order valence-corrected chi connectivity index (χ2v) is 7.98. The van der Waals surface area contributed by atoms with Crippen molar-refractivity contribution in [1.29, 1.82) is 0 Å². The first-order chi connectivity index (χ1) is 10.1. The Balaban J connectivity index is 1.97. The van der Waals surface area contributed by atoms with Gasteiger partial charge in [-0.25, -0.2) is 13.4 Å². The number of thiophene rings is 1. The Labute approximate surface area is 130 Å². The minimum absolute atomic E-state index is 0.270. The van der Waals surface area contributed by atoms with Crippen LogP contribution in [-0.2, 0) is 10.0 Å². The summed E-state index contributed by atoms with van der Waals surface area (Å²) in [5, 5.41) is 2.06. The van der Waals surface area contributed by atoms with Gasteiger partial charge in [-0.15, -0.1) is 11.3 Å². The second kappa shape index (κ2) is 5.63. The Kier molecular flexibility index (Phi) is 3.83. The van der Waals surface area contributed by atoms with Crippen LogP contribution in [0.15, 0.2) is 39.9 Å². The van der Waals surface area contributed by atoms with E-state index in [1.165, 1.54) is 22.7 Å². The van der Waals surface area contributed by atoms with Gasteiger partial charge in [0.25, 0.3) is 10.0 Å². The summed E-state index contributed by atoms with van der Waals surface area (Å²) in [6, 6.07) is 8.83. The van der Waals surface area contributed by atoms with Crippen molar-refractivity contribution in [2.45, 2.75) is 11.1 Å². The molecule has 0 aliphatic rings. The van der Waals surface area contributed by atoms with Crippen molar-refractivity contribution < 1.29 is 13.2 Å². The summed E-state index contributed by atoms with van der Waals surface area (Å²) in [4.78, 5) is 4.33. The largest absolute Gasteiger partial charge is 0.492 e. The van der Waals surface area contributed by atoms with Crippen LogP contribution in [0.3, 0.4) is 0 Å². The number of rotatable bonds is 5. The lowest BCUT2D eigenvalue weighted by atomic mass is 10.3. The van der Waals surface area contributed by atoms with Crippen molar-refractivity contribution in [3.63, 3.8) is 0 Å². The maximum atomic E-state index is 12.2. The molecule has 21 heavy (non-hydrogen) atoms. The zero-order valence-electron chi connectivity index (χ0n) is 11.1. The third-order valence-corrected chi connectivity index (χ3v) is 6.47. The van der Waals surface area contributed by atoms with Gasteiger partial charge in [-0.1, -0.05) is 23.5 Å². The Hall–Kier alpha value is -1.64. The van der Waals surface area contributed by atoms with Gasteiger partial charge in [0.1, 0.15) is 15.5 Å². The van der Waals surface area contributed by atoms with Gasteiger partial charge < -0.3 is 4.74 Å². The molecule has 0 bridgehead atoms. The first kappa shape index (κ1) is 14.3. The SMILES string of the molecule is CCOc1cccc2sc(NS(=O)(=O)c3cccs3)nc12. The minimum atomic E-state index is -3.57. The van der Waals surface area contributed by atoms with Crippen LogP contribution in [0.2, 0.25) is 0 Å². The van der Waals surface area contributed by atoms with Gasteiger partial charge in [0.15, 0.2) is 5.13 Å². The monoisotopic (exact) mass is 340 g/mol. The van der Waals surface area contributed by atoms with Crippen molar-refractivity contribution in [2.75, 3.05) is 11.3 Å². The molecule has 2 heterocycles. The highest BCUT2D eigenvalue weighted by atomic mass is 32.2. The average molecular weight is 340 g/mol. The van der Waals surface area contributed by atoms with Crippen LogP contribution in [0.25, 0.3) is 10.2 Å². The first-order valence-electron chi connectivity index (χ1n) is 6.19. The van der Waals surface area contributed by atoms with Gasteiger partial charge in [-0.2, -0.15) is 0 Å². The third kappa shape index (κ3) is 2.87. The molecule has 0 spiro atoms. The summed E-state index contributed by atoms with van der Waals surface area (Å²) in [5.74, 6) is 0.660. The predicted octanol–water partition coefficient (Wildman–Crippen LogP) is 3.56. The number of fused-ring (bicyclic) bond motifs is 1. The summed E-state index contributed by atoms with van der Waals surface area (Å²) in [7, 11) is -3.57. The Morgan fingerprint density at radius 3 is 2.86 bits per heavy atom. The molecule has 0 aliphatic carbocycles. The van der Waals surface area contributed by atoms with Crippen LogP contribution >= 0.6 is 22.7 Å². The summed E-state index contributed by atoms with van der Waals surface area (Å²) in [6.45, 7) is 2.43. The van der Waals surface area contributed by atoms with E-state index in [9.17, 15) is 8.42 Å². The van der Waals surface area contributed by atoms with Gasteiger partial charge in [-0.3, -0.25) is 4.72 Å². The highest BCUT2D eigenvalue weighted by Gasteiger charge is 2.18. The highest BCUT2D eigenvalue weighted by Crippen LogP contribution is 2.33. The molecule has 0 aliphatic heterocycles. The van der Waals surface area contributed by atoms with Crippen molar-refractivity contribution in [2.24, 2.45) is 0 Å². The number of para-hydroxylation sites is 1. The number of anilines is 1. The van der Waals surface area contributed by atoms with Crippen molar-refractivity contribution >= 4 is 48.0 Å². The minimum Gasteiger partial charge on any atom is -0.492 e. The smallest absolute Gasteiger partial charge is 0.273 e. The number of hydrogen-bond donors (Lipinski definition) is 1. The Morgan fingerprint density at radius 1 is 1.29 bits per heavy atom. The number of benzene rings is 1. The van der Waals surface area contributed by atoms with Gasteiger partial charge in [0.05, 0.1) is 11.3 Å². The van der Waals surface area contributed by atoms with E-state index in [2.05, 4.69) is 9.71 Å². The molecule has 0 fully saturated rings. The summed E-state index contributed by atoms with van der Waals surface area (Å²) in [6.07, 6.45) is 0. The number of thiazole rings is 1. The van der Waals surface area contributed by atoms with Gasteiger partial charge in [-0.05, 0) is 30.5 Å². The van der Waals surface area contributed by atoms with Gasteiger partial charge in [0, 0.05) is 0 Å². The fourth-order valence-corrected chi connectivity index (χ4v) is 4.93. The number of sulfonamides is 1. The average Bonchev–Trinajstić information content (AvgIpc) is 3.07. The molecule has 110 valence electrons. The molecule has 0 atom stereocenters. The van der Waals surface area contributed by atoms with E-state index < -0.39 is 10.0 Å². The molecule has 0 saturated carbocycles. The lowest BCUT2D eigenvalue weighted by Crippen LogP contribution is -2.11. The van der Waals surface area contributed by atoms with E-state index in [4.69, 9.17) is 4.74 Å². The molecular formula is C13H12N2O3S3. The van der Waals surface area contributed by atoms with Crippen LogP contribution in [0, 0.1) is 0 Å². The Morgan fingerprint density at radius 2 is 2.14 bits per heavy atom. The second-order valence-electron chi connectivity index (χ2n) is 4.09. The number of nitrogens with one attached hydrogen (secondary N) is 1. The number of hydrogen-bond acceptors (Lipinski definition) is 6. The zero-order valence-corrected chi connectivity index (χ0v) is 13.5. The summed E-state index contributed by atoms with van der Waals surface area (Å²) < 4.78 is 33.5. The van der Waals surface area contributed by atoms with E-state index in [1.54, 1.807) is 17.5 Å². The molecule has 5 nitrogen and oxygen atoms in total. The van der Waals surface area contributed by atoms with Crippen molar-refractivity contribution in [3.05, 3.63) is 35.7 Å². The maximum Gasteiger partial charge on any atom is 0.273 e. The van der Waals surface area contributed by atoms with Gasteiger partial charge >= 0.3 is 0 Å². The lowest BCUT2D eigenvalue weighted by molar-refractivity contribution is 0.344. The zero-order chi connectivity index (χ0) is 14.9. The summed E-state index contributed by atoms with van der Waals surface area (Å²) in [5.41, 5.74) is 0.674. The molecular weight excluding hydrogens is 328 g/mol. The first-order valence-corrected chi connectivity index (χ1v) is 9.37. The Bertz CT molecular complexity index is 854. The quantitative estimate of drug-likeness (QED) is 0.771. The molecule has 8 heteroatoms. The van der Waals surface area contributed by atoms with E-state index >= 15 is 0 Å². The fourth-order valence-electron chi connectivity index (χ4n) is 1.82. The van der Waals surface area contributed by atoms with Crippen LogP contribution in [-0.4, -0.2) is 20.0 Å². The standard InChI is InChI=1S/C13H12N2O3S3/c1-2-18-9-5-3-6-10-12(9)14-13(20-10)15-21(16,17)11-7-4-8-19-11/h3-8H,2H2,1H3,(H,14,15). The molecule has 0 saturated heterocycles. The molecule has 1 aromatic carbocycles. The topological polar surface area (TPSA) is 68.3 Å². The fraction of sp³-hybridized carbons (Fsp3) is 0.154. The molecule has 3 rings (SSSR count). The van der Waals surface area contributed by atoms with Crippen LogP contribution in [0.4, 0.5) is 5.13 Å². The molecule has 2 aromatic heterocycles. The molecule has 0 radical (unpaired) electrons. The lowest BCUT2D eigenvalue weighted by Gasteiger charge is -2.02. The van der Waals surface area contributed by atoms with Crippen LogP contribution in [0.5, 0.6) is 5.75 Å². The number of aromatic nitrogens is 1. The predicted molar refractivity (Wildman–Crippen MR) is 85.9 cm³/mol. The van der Waals surface area contributed by atoms with E-state index in [-0.39, 0.29) is 4.21 Å². The normalized spacial score (nSPS) is 11.7. The molecule has 0 amide bonds. The van der Waals surface area contributed by atoms with Crippen LogP contribution in [0.1, 0.15) is 6.92 Å². The highest BCUT2D eigenvalue weighted by molar-refractivity contribution is 7.94. The number of nitrogens with zero attached hydrogens (tertiary/aromatic N) is 1. The van der Waals surface area contributed by atoms with Gasteiger partial charge in [0.2, 0.25) is 0 Å². The van der Waals surface area contributed by atoms with Crippen LogP contribution < -0.4 is 9.46 Å². The van der Waals surface area contributed by atoms with E-state index in [0.29, 0.717) is 23.0 Å². The molecule has 3 aromatic rings.